The van der Waals surface area contributed by atoms with Crippen molar-refractivity contribution in [3.05, 3.63) is 23.8 Å². The van der Waals surface area contributed by atoms with Crippen LogP contribution >= 0.6 is 0 Å². The molecule has 0 aliphatic carbocycles. The highest BCUT2D eigenvalue weighted by Gasteiger charge is 2.00. The van der Waals surface area contributed by atoms with Crippen molar-refractivity contribution in [2.24, 2.45) is 0 Å². The van der Waals surface area contributed by atoms with Crippen molar-refractivity contribution in [3.8, 4) is 0 Å². The minimum atomic E-state index is 0.0729. The summed E-state index contributed by atoms with van der Waals surface area (Å²) in [4.78, 5) is 19.3. The minimum absolute atomic E-state index is 0.0729. The topological polar surface area (TPSA) is 54.9 Å². The number of nitrogens with zero attached hydrogens (tertiary/aromatic N) is 2. The smallest absolute Gasteiger partial charge is 0.220 e. The van der Waals surface area contributed by atoms with E-state index in [0.717, 1.165) is 17.9 Å². The first-order valence-corrected chi connectivity index (χ1v) is 4.77. The zero-order valence-corrected chi connectivity index (χ0v) is 8.58. The van der Waals surface area contributed by atoms with Crippen LogP contribution in [0.1, 0.15) is 31.3 Å². The Hall–Kier alpha value is -1.45. The lowest BCUT2D eigenvalue weighted by atomic mass is 10.3. The predicted molar refractivity (Wildman–Crippen MR) is 53.5 cm³/mol. The van der Waals surface area contributed by atoms with E-state index in [-0.39, 0.29) is 5.91 Å². The van der Waals surface area contributed by atoms with Crippen molar-refractivity contribution >= 4 is 5.91 Å². The van der Waals surface area contributed by atoms with Gasteiger partial charge in [-0.1, -0.05) is 6.92 Å². The van der Waals surface area contributed by atoms with Gasteiger partial charge in [-0.15, -0.1) is 0 Å². The SMILES string of the molecule is CCCC(=O)NCc1ccnc(C)n1. The molecule has 76 valence electrons. The molecule has 0 radical (unpaired) electrons. The molecule has 1 aromatic rings. The van der Waals surface area contributed by atoms with Crippen molar-refractivity contribution in [2.75, 3.05) is 0 Å². The lowest BCUT2D eigenvalue weighted by Gasteiger charge is -2.03. The van der Waals surface area contributed by atoms with E-state index in [1.54, 1.807) is 12.3 Å². The maximum atomic E-state index is 11.1. The first-order valence-electron chi connectivity index (χ1n) is 4.77. The summed E-state index contributed by atoms with van der Waals surface area (Å²) in [6.07, 6.45) is 3.14. The van der Waals surface area contributed by atoms with Crippen LogP contribution in [-0.2, 0) is 11.3 Å². The van der Waals surface area contributed by atoms with Gasteiger partial charge >= 0.3 is 0 Å². The molecule has 0 fully saturated rings. The molecule has 0 unspecified atom stereocenters. The van der Waals surface area contributed by atoms with Crippen LogP contribution in [0.25, 0.3) is 0 Å². The number of hydrogen-bond donors (Lipinski definition) is 1. The molecule has 0 spiro atoms. The Morgan fingerprint density at radius 3 is 3.00 bits per heavy atom. The normalized spacial score (nSPS) is 9.86. The van der Waals surface area contributed by atoms with Crippen LogP contribution < -0.4 is 5.32 Å². The second kappa shape index (κ2) is 5.32. The standard InChI is InChI=1S/C10H15N3O/c1-3-4-10(14)12-7-9-5-6-11-8(2)13-9/h5-6H,3-4,7H2,1-2H3,(H,12,14). The van der Waals surface area contributed by atoms with E-state index in [2.05, 4.69) is 15.3 Å². The van der Waals surface area contributed by atoms with E-state index in [4.69, 9.17) is 0 Å². The molecular weight excluding hydrogens is 178 g/mol. The van der Waals surface area contributed by atoms with Gasteiger partial charge in [0, 0.05) is 12.6 Å². The predicted octanol–water partition coefficient (Wildman–Crippen LogP) is 1.20. The van der Waals surface area contributed by atoms with Crippen LogP contribution in [0, 0.1) is 6.92 Å². The van der Waals surface area contributed by atoms with Crippen molar-refractivity contribution in [2.45, 2.75) is 33.2 Å². The monoisotopic (exact) mass is 193 g/mol. The highest BCUT2D eigenvalue weighted by atomic mass is 16.1. The number of hydrogen-bond acceptors (Lipinski definition) is 3. The molecule has 0 aromatic carbocycles. The molecular formula is C10H15N3O. The number of nitrogens with one attached hydrogen (secondary N) is 1. The molecule has 14 heavy (non-hydrogen) atoms. The Bertz CT molecular complexity index is 312. The molecule has 1 N–H and O–H groups in total. The fraction of sp³-hybridized carbons (Fsp3) is 0.500. The number of rotatable bonds is 4. The maximum Gasteiger partial charge on any atom is 0.220 e. The Morgan fingerprint density at radius 1 is 1.57 bits per heavy atom. The molecule has 0 saturated heterocycles. The van der Waals surface area contributed by atoms with Crippen LogP contribution in [0.4, 0.5) is 0 Å². The van der Waals surface area contributed by atoms with E-state index in [1.807, 2.05) is 13.8 Å². The van der Waals surface area contributed by atoms with Gasteiger partial charge in [0.15, 0.2) is 0 Å². The van der Waals surface area contributed by atoms with E-state index in [9.17, 15) is 4.79 Å². The molecule has 1 heterocycles. The average Bonchev–Trinajstić information content (AvgIpc) is 2.15. The first kappa shape index (κ1) is 10.6. The minimum Gasteiger partial charge on any atom is -0.350 e. The third-order valence-corrected chi connectivity index (χ3v) is 1.78. The van der Waals surface area contributed by atoms with Gasteiger partial charge in [0.1, 0.15) is 5.82 Å². The second-order valence-corrected chi connectivity index (χ2v) is 3.12. The van der Waals surface area contributed by atoms with Crippen molar-refractivity contribution in [1.29, 1.82) is 0 Å². The van der Waals surface area contributed by atoms with Crippen LogP contribution in [0.15, 0.2) is 12.3 Å². The Labute approximate surface area is 83.8 Å². The largest absolute Gasteiger partial charge is 0.350 e. The van der Waals surface area contributed by atoms with E-state index in [0.29, 0.717) is 13.0 Å². The Morgan fingerprint density at radius 2 is 2.36 bits per heavy atom. The number of carbonyl (C=O) groups is 1. The maximum absolute atomic E-state index is 11.1. The van der Waals surface area contributed by atoms with Gasteiger partial charge in [0.05, 0.1) is 12.2 Å². The second-order valence-electron chi connectivity index (χ2n) is 3.12. The number of aromatic nitrogens is 2. The lowest BCUT2D eigenvalue weighted by Crippen LogP contribution is -2.22. The molecule has 0 atom stereocenters. The molecule has 0 aliphatic heterocycles. The highest BCUT2D eigenvalue weighted by molar-refractivity contribution is 5.75. The highest BCUT2D eigenvalue weighted by Crippen LogP contribution is 1.94. The third kappa shape index (κ3) is 3.51. The third-order valence-electron chi connectivity index (χ3n) is 1.78. The van der Waals surface area contributed by atoms with E-state index in [1.165, 1.54) is 0 Å². The first-order chi connectivity index (χ1) is 6.72. The summed E-state index contributed by atoms with van der Waals surface area (Å²) in [5, 5.41) is 2.80. The zero-order chi connectivity index (χ0) is 10.4. The summed E-state index contributed by atoms with van der Waals surface area (Å²) < 4.78 is 0. The van der Waals surface area contributed by atoms with Gasteiger partial charge in [-0.25, -0.2) is 9.97 Å². The van der Waals surface area contributed by atoms with Gasteiger partial charge < -0.3 is 5.32 Å². The molecule has 1 aromatic heterocycles. The molecule has 0 saturated carbocycles. The van der Waals surface area contributed by atoms with Gasteiger partial charge in [-0.2, -0.15) is 0 Å². The number of aryl methyl sites for hydroxylation is 1. The van der Waals surface area contributed by atoms with Gasteiger partial charge in [0.2, 0.25) is 5.91 Å². The summed E-state index contributed by atoms with van der Waals surface area (Å²) >= 11 is 0. The average molecular weight is 193 g/mol. The summed E-state index contributed by atoms with van der Waals surface area (Å²) in [5.41, 5.74) is 0.849. The Balaban J connectivity index is 2.41. The van der Waals surface area contributed by atoms with Gasteiger partial charge in [0.25, 0.3) is 0 Å². The molecule has 0 bridgehead atoms. The molecule has 4 heteroatoms. The fourth-order valence-electron chi connectivity index (χ4n) is 1.11. The Kier molecular flexibility index (Phi) is 4.04. The van der Waals surface area contributed by atoms with Crippen molar-refractivity contribution in [3.63, 3.8) is 0 Å². The quantitative estimate of drug-likeness (QED) is 0.781. The summed E-state index contributed by atoms with van der Waals surface area (Å²) in [6, 6.07) is 1.80. The molecule has 1 amide bonds. The van der Waals surface area contributed by atoms with Crippen LogP contribution in [-0.4, -0.2) is 15.9 Å². The van der Waals surface area contributed by atoms with Crippen molar-refractivity contribution in [1.82, 2.24) is 15.3 Å². The number of carbonyl (C=O) groups excluding carboxylic acids is 1. The molecule has 4 nitrogen and oxygen atoms in total. The molecule has 1 rings (SSSR count). The van der Waals surface area contributed by atoms with Crippen LogP contribution in [0.5, 0.6) is 0 Å². The summed E-state index contributed by atoms with van der Waals surface area (Å²) in [5.74, 6) is 0.802. The zero-order valence-electron chi connectivity index (χ0n) is 8.58. The van der Waals surface area contributed by atoms with Gasteiger partial charge in [-0.05, 0) is 19.4 Å². The summed E-state index contributed by atoms with van der Waals surface area (Å²) in [7, 11) is 0. The summed E-state index contributed by atoms with van der Waals surface area (Å²) in [6.45, 7) is 4.30. The van der Waals surface area contributed by atoms with E-state index >= 15 is 0 Å². The van der Waals surface area contributed by atoms with Gasteiger partial charge in [-0.3, -0.25) is 4.79 Å². The van der Waals surface area contributed by atoms with Crippen LogP contribution in [0.2, 0.25) is 0 Å². The lowest BCUT2D eigenvalue weighted by molar-refractivity contribution is -0.121. The molecule has 0 aliphatic rings. The van der Waals surface area contributed by atoms with E-state index < -0.39 is 0 Å². The number of amides is 1. The van der Waals surface area contributed by atoms with Crippen molar-refractivity contribution < 1.29 is 4.79 Å². The van der Waals surface area contributed by atoms with Crippen LogP contribution in [0.3, 0.4) is 0 Å². The fourth-order valence-corrected chi connectivity index (χ4v) is 1.11.